The van der Waals surface area contributed by atoms with E-state index >= 15 is 0 Å². The molecule has 2 aromatic carbocycles. The molecule has 1 N–H and O–H groups in total. The monoisotopic (exact) mass is 405 g/mol. The van der Waals surface area contributed by atoms with E-state index < -0.39 is 0 Å². The molecule has 1 saturated heterocycles. The average Bonchev–Trinajstić information content (AvgIpc) is 2.79. The Labute approximate surface area is 174 Å². The summed E-state index contributed by atoms with van der Waals surface area (Å²) in [4.78, 5) is 32.1. The molecule has 0 aliphatic carbocycles. The van der Waals surface area contributed by atoms with Crippen molar-refractivity contribution in [2.45, 2.75) is 17.9 Å². The predicted molar refractivity (Wildman–Crippen MR) is 117 cm³/mol. The lowest BCUT2D eigenvalue weighted by molar-refractivity contribution is -0.121. The first-order valence-electron chi connectivity index (χ1n) is 9.73. The Hall–Kier alpha value is -2.86. The minimum Gasteiger partial charge on any atom is -0.338 e. The Kier molecular flexibility index (Phi) is 5.81. The molecule has 2 heterocycles. The molecule has 148 valence electrons. The molecule has 5 nitrogen and oxygen atoms in total. The van der Waals surface area contributed by atoms with Gasteiger partial charge in [-0.15, -0.1) is 11.8 Å². The van der Waals surface area contributed by atoms with Crippen molar-refractivity contribution < 1.29 is 9.59 Å². The number of carbonyl (C=O) groups is 2. The molecule has 1 fully saturated rings. The lowest BCUT2D eigenvalue weighted by Crippen LogP contribution is -2.43. The van der Waals surface area contributed by atoms with Gasteiger partial charge in [0.1, 0.15) is 0 Å². The zero-order valence-electron chi connectivity index (χ0n) is 16.3. The summed E-state index contributed by atoms with van der Waals surface area (Å²) in [6.07, 6.45) is 5.23. The van der Waals surface area contributed by atoms with Crippen molar-refractivity contribution in [1.29, 1.82) is 0 Å². The Morgan fingerprint density at radius 2 is 1.93 bits per heavy atom. The van der Waals surface area contributed by atoms with Crippen LogP contribution < -0.4 is 5.32 Å². The Morgan fingerprint density at radius 1 is 1.10 bits per heavy atom. The van der Waals surface area contributed by atoms with Crippen LogP contribution in [0.2, 0.25) is 0 Å². The number of nitrogens with one attached hydrogen (secondary N) is 1. The molecule has 1 unspecified atom stereocenters. The van der Waals surface area contributed by atoms with Crippen molar-refractivity contribution in [3.63, 3.8) is 0 Å². The van der Waals surface area contributed by atoms with Gasteiger partial charge in [-0.05, 0) is 48.1 Å². The number of aromatic nitrogens is 1. The van der Waals surface area contributed by atoms with Gasteiger partial charge in [-0.2, -0.15) is 0 Å². The number of carbonyl (C=O) groups excluding carboxylic acids is 2. The van der Waals surface area contributed by atoms with Crippen LogP contribution in [-0.2, 0) is 4.79 Å². The van der Waals surface area contributed by atoms with Crippen molar-refractivity contribution in [2.24, 2.45) is 5.92 Å². The first-order chi connectivity index (χ1) is 14.2. The fraction of sp³-hybridized carbons (Fsp3) is 0.261. The maximum absolute atomic E-state index is 13.2. The number of fused-ring (bicyclic) bond motifs is 1. The number of likely N-dealkylation sites (tertiary alicyclic amines) is 1. The SMILES string of the molecule is CSc1ccc(NC(=O)C2CCCN(C(=O)c3cccc4ccccc34)C2)cn1. The largest absolute Gasteiger partial charge is 0.338 e. The molecule has 2 amide bonds. The number of hydrogen-bond donors (Lipinski definition) is 1. The smallest absolute Gasteiger partial charge is 0.254 e. The number of hydrogen-bond acceptors (Lipinski definition) is 4. The van der Waals surface area contributed by atoms with Crippen LogP contribution >= 0.6 is 11.8 Å². The van der Waals surface area contributed by atoms with Gasteiger partial charge in [0.05, 0.1) is 22.8 Å². The van der Waals surface area contributed by atoms with E-state index in [-0.39, 0.29) is 17.7 Å². The van der Waals surface area contributed by atoms with Gasteiger partial charge in [-0.25, -0.2) is 4.98 Å². The lowest BCUT2D eigenvalue weighted by Gasteiger charge is -2.32. The molecule has 0 saturated carbocycles. The van der Waals surface area contributed by atoms with E-state index in [0.29, 0.717) is 24.3 Å². The standard InChI is InChI=1S/C23H23N3O2S/c1-29-21-12-11-18(14-24-21)25-22(27)17-8-5-13-26(15-17)23(28)20-10-4-7-16-6-2-3-9-19(16)20/h2-4,6-7,9-12,14,17H,5,8,13,15H2,1H3,(H,25,27). The van der Waals surface area contributed by atoms with Crippen molar-refractivity contribution in [1.82, 2.24) is 9.88 Å². The van der Waals surface area contributed by atoms with E-state index in [1.165, 1.54) is 0 Å². The van der Waals surface area contributed by atoms with Gasteiger partial charge < -0.3 is 10.2 Å². The summed E-state index contributed by atoms with van der Waals surface area (Å²) in [5.41, 5.74) is 1.38. The first kappa shape index (κ1) is 19.5. The van der Waals surface area contributed by atoms with Gasteiger partial charge in [-0.1, -0.05) is 36.4 Å². The minimum atomic E-state index is -0.220. The summed E-state index contributed by atoms with van der Waals surface area (Å²) >= 11 is 1.56. The highest BCUT2D eigenvalue weighted by atomic mass is 32.2. The summed E-state index contributed by atoms with van der Waals surface area (Å²) in [5, 5.41) is 5.85. The van der Waals surface area contributed by atoms with E-state index in [4.69, 9.17) is 0 Å². The molecule has 1 aliphatic rings. The zero-order chi connectivity index (χ0) is 20.2. The van der Waals surface area contributed by atoms with Crippen molar-refractivity contribution >= 4 is 40.0 Å². The molecule has 0 spiro atoms. The predicted octanol–water partition coefficient (Wildman–Crippen LogP) is 4.45. The second kappa shape index (κ2) is 8.66. The van der Waals surface area contributed by atoms with Crippen LogP contribution in [-0.4, -0.2) is 41.0 Å². The maximum atomic E-state index is 13.2. The number of anilines is 1. The summed E-state index contributed by atoms with van der Waals surface area (Å²) in [6.45, 7) is 1.11. The van der Waals surface area contributed by atoms with Gasteiger partial charge in [0.2, 0.25) is 5.91 Å². The van der Waals surface area contributed by atoms with Crippen LogP contribution in [0.5, 0.6) is 0 Å². The highest BCUT2D eigenvalue weighted by Crippen LogP contribution is 2.24. The molecule has 1 aliphatic heterocycles. The fourth-order valence-electron chi connectivity index (χ4n) is 3.78. The average molecular weight is 406 g/mol. The number of thioether (sulfide) groups is 1. The van der Waals surface area contributed by atoms with Crippen LogP contribution in [0.15, 0.2) is 65.8 Å². The number of amides is 2. The van der Waals surface area contributed by atoms with Gasteiger partial charge in [-0.3, -0.25) is 9.59 Å². The molecule has 29 heavy (non-hydrogen) atoms. The first-order valence-corrected chi connectivity index (χ1v) is 11.0. The number of pyridine rings is 1. The summed E-state index contributed by atoms with van der Waals surface area (Å²) in [6, 6.07) is 17.4. The third-order valence-corrected chi connectivity index (χ3v) is 5.97. The van der Waals surface area contributed by atoms with Gasteiger partial charge in [0.25, 0.3) is 5.91 Å². The van der Waals surface area contributed by atoms with Gasteiger partial charge in [0, 0.05) is 18.7 Å². The summed E-state index contributed by atoms with van der Waals surface area (Å²) < 4.78 is 0. The molecule has 6 heteroatoms. The maximum Gasteiger partial charge on any atom is 0.254 e. The highest BCUT2D eigenvalue weighted by Gasteiger charge is 2.29. The molecule has 0 bridgehead atoms. The van der Waals surface area contributed by atoms with Crippen molar-refractivity contribution in [3.05, 3.63) is 66.4 Å². The second-order valence-electron chi connectivity index (χ2n) is 7.20. The van der Waals surface area contributed by atoms with Crippen LogP contribution in [0.3, 0.4) is 0 Å². The zero-order valence-corrected chi connectivity index (χ0v) is 17.1. The molecular formula is C23H23N3O2S. The topological polar surface area (TPSA) is 62.3 Å². The lowest BCUT2D eigenvalue weighted by atomic mass is 9.95. The van der Waals surface area contributed by atoms with Crippen LogP contribution in [0, 0.1) is 5.92 Å². The molecule has 1 aromatic heterocycles. The third-order valence-electron chi connectivity index (χ3n) is 5.31. The number of rotatable bonds is 4. The van der Waals surface area contributed by atoms with Crippen LogP contribution in [0.4, 0.5) is 5.69 Å². The molecule has 1 atom stereocenters. The fourth-order valence-corrected chi connectivity index (χ4v) is 4.14. The summed E-state index contributed by atoms with van der Waals surface area (Å²) in [7, 11) is 0. The normalized spacial score (nSPS) is 16.6. The van der Waals surface area contributed by atoms with Crippen molar-refractivity contribution in [2.75, 3.05) is 24.7 Å². The Balaban J connectivity index is 1.47. The molecule has 0 radical (unpaired) electrons. The minimum absolute atomic E-state index is 0.00899. The third kappa shape index (κ3) is 4.27. The molecular weight excluding hydrogens is 382 g/mol. The van der Waals surface area contributed by atoms with E-state index in [1.54, 1.807) is 18.0 Å². The van der Waals surface area contributed by atoms with Crippen LogP contribution in [0.1, 0.15) is 23.2 Å². The number of piperidine rings is 1. The number of benzene rings is 2. The van der Waals surface area contributed by atoms with E-state index in [9.17, 15) is 9.59 Å². The van der Waals surface area contributed by atoms with E-state index in [2.05, 4.69) is 10.3 Å². The van der Waals surface area contributed by atoms with E-state index in [0.717, 1.165) is 28.6 Å². The van der Waals surface area contributed by atoms with Gasteiger partial charge >= 0.3 is 0 Å². The molecule has 3 aromatic rings. The number of nitrogens with zero attached hydrogens (tertiary/aromatic N) is 2. The highest BCUT2D eigenvalue weighted by molar-refractivity contribution is 7.98. The molecule has 4 rings (SSSR count). The second-order valence-corrected chi connectivity index (χ2v) is 8.02. The van der Waals surface area contributed by atoms with E-state index in [1.807, 2.05) is 65.8 Å². The van der Waals surface area contributed by atoms with Crippen molar-refractivity contribution in [3.8, 4) is 0 Å². The van der Waals surface area contributed by atoms with Crippen LogP contribution in [0.25, 0.3) is 10.8 Å². The Morgan fingerprint density at radius 3 is 2.72 bits per heavy atom. The Bertz CT molecular complexity index is 1030. The van der Waals surface area contributed by atoms with Gasteiger partial charge in [0.15, 0.2) is 0 Å². The quantitative estimate of drug-likeness (QED) is 0.652. The summed E-state index contributed by atoms with van der Waals surface area (Å²) in [5.74, 6) is -0.285.